The molecule has 1 N–H and O–H groups in total. The highest BCUT2D eigenvalue weighted by Crippen LogP contribution is 2.12. The zero-order valence-corrected chi connectivity index (χ0v) is 19.1. The third kappa shape index (κ3) is 7.50. The topological polar surface area (TPSA) is 98.8 Å². The Balaban J connectivity index is 1.69. The zero-order chi connectivity index (χ0) is 24.2. The minimum Gasteiger partial charge on any atom is -0.467 e. The minimum atomic E-state index is -0.420. The predicted octanol–water partition coefficient (Wildman–Crippen LogP) is 3.90. The van der Waals surface area contributed by atoms with Crippen molar-refractivity contribution in [3.8, 4) is 6.07 Å². The summed E-state index contributed by atoms with van der Waals surface area (Å²) < 4.78 is 10.6. The SMILES string of the molecule is COCCN(CC(=O)N(CCc1ccccc1)Cc1ccco1)C(=O)Nc1ccc(C#N)cc1. The molecule has 1 heterocycles. The van der Waals surface area contributed by atoms with E-state index in [-0.39, 0.29) is 25.6 Å². The second-order valence-electron chi connectivity index (χ2n) is 7.66. The fraction of sp³-hybridized carbons (Fsp3) is 0.269. The van der Waals surface area contributed by atoms with Gasteiger partial charge >= 0.3 is 6.03 Å². The van der Waals surface area contributed by atoms with Crippen LogP contribution in [-0.4, -0.2) is 55.1 Å². The Labute approximate surface area is 199 Å². The van der Waals surface area contributed by atoms with E-state index < -0.39 is 6.03 Å². The fourth-order valence-electron chi connectivity index (χ4n) is 3.34. The predicted molar refractivity (Wildman–Crippen MR) is 128 cm³/mol. The van der Waals surface area contributed by atoms with E-state index in [1.54, 1.807) is 48.6 Å². The van der Waals surface area contributed by atoms with Crippen molar-refractivity contribution in [1.29, 1.82) is 5.26 Å². The summed E-state index contributed by atoms with van der Waals surface area (Å²) in [6.07, 6.45) is 2.26. The van der Waals surface area contributed by atoms with Crippen LogP contribution in [0.2, 0.25) is 0 Å². The van der Waals surface area contributed by atoms with Crippen LogP contribution in [0.5, 0.6) is 0 Å². The van der Waals surface area contributed by atoms with Crippen molar-refractivity contribution >= 4 is 17.6 Å². The maximum Gasteiger partial charge on any atom is 0.322 e. The second kappa shape index (κ2) is 12.8. The molecule has 0 saturated heterocycles. The standard InChI is InChI=1S/C26H28N4O4/c1-33-17-15-30(26(32)28-23-11-9-22(18-27)10-12-23)20-25(31)29(19-24-8-5-16-34-24)14-13-21-6-3-2-4-7-21/h2-12,16H,13-15,17,19-20H2,1H3,(H,28,32). The van der Waals surface area contributed by atoms with E-state index in [1.807, 2.05) is 42.5 Å². The number of methoxy groups -OCH3 is 1. The average molecular weight is 461 g/mol. The first-order chi connectivity index (χ1) is 16.6. The number of nitriles is 1. The summed E-state index contributed by atoms with van der Waals surface area (Å²) in [6.45, 7) is 1.22. The highest BCUT2D eigenvalue weighted by Gasteiger charge is 2.22. The number of hydrogen-bond donors (Lipinski definition) is 1. The lowest BCUT2D eigenvalue weighted by Crippen LogP contribution is -2.46. The number of anilines is 1. The Kier molecular flexibility index (Phi) is 9.26. The molecule has 3 amide bonds. The molecule has 0 spiro atoms. The van der Waals surface area contributed by atoms with Crippen LogP contribution in [0.1, 0.15) is 16.9 Å². The van der Waals surface area contributed by atoms with Crippen LogP contribution in [0.4, 0.5) is 10.5 Å². The lowest BCUT2D eigenvalue weighted by Gasteiger charge is -2.27. The number of nitrogens with one attached hydrogen (secondary N) is 1. The molecule has 0 aliphatic rings. The molecule has 0 aliphatic carbocycles. The number of carbonyl (C=O) groups is 2. The van der Waals surface area contributed by atoms with Gasteiger partial charge in [-0.15, -0.1) is 0 Å². The summed E-state index contributed by atoms with van der Waals surface area (Å²) in [6, 6.07) is 21.7. The third-order valence-corrected chi connectivity index (χ3v) is 5.24. The van der Waals surface area contributed by atoms with Crippen molar-refractivity contribution in [2.45, 2.75) is 13.0 Å². The van der Waals surface area contributed by atoms with E-state index >= 15 is 0 Å². The molecule has 34 heavy (non-hydrogen) atoms. The van der Waals surface area contributed by atoms with E-state index in [9.17, 15) is 9.59 Å². The molecule has 0 radical (unpaired) electrons. The molecule has 0 unspecified atom stereocenters. The van der Waals surface area contributed by atoms with E-state index in [4.69, 9.17) is 14.4 Å². The molecule has 2 aromatic carbocycles. The maximum absolute atomic E-state index is 13.3. The molecule has 8 heteroatoms. The molecular formula is C26H28N4O4. The summed E-state index contributed by atoms with van der Waals surface area (Å²) in [7, 11) is 1.54. The third-order valence-electron chi connectivity index (χ3n) is 5.24. The van der Waals surface area contributed by atoms with E-state index in [1.165, 1.54) is 4.90 Å². The number of amides is 3. The fourth-order valence-corrected chi connectivity index (χ4v) is 3.34. The quantitative estimate of drug-likeness (QED) is 0.468. The normalized spacial score (nSPS) is 10.4. The number of ether oxygens (including phenoxy) is 1. The highest BCUT2D eigenvalue weighted by molar-refractivity contribution is 5.92. The van der Waals surface area contributed by atoms with Crippen molar-refractivity contribution in [2.24, 2.45) is 0 Å². The van der Waals surface area contributed by atoms with Gasteiger partial charge in [-0.1, -0.05) is 30.3 Å². The van der Waals surface area contributed by atoms with Gasteiger partial charge in [-0.2, -0.15) is 5.26 Å². The van der Waals surface area contributed by atoms with Gasteiger partial charge in [0.2, 0.25) is 5.91 Å². The molecule has 0 bridgehead atoms. The lowest BCUT2D eigenvalue weighted by molar-refractivity contribution is -0.132. The summed E-state index contributed by atoms with van der Waals surface area (Å²) in [5.74, 6) is 0.477. The van der Waals surface area contributed by atoms with Crippen molar-refractivity contribution in [2.75, 3.05) is 38.7 Å². The van der Waals surface area contributed by atoms with Crippen molar-refractivity contribution in [3.63, 3.8) is 0 Å². The van der Waals surface area contributed by atoms with Crippen LogP contribution in [0, 0.1) is 11.3 Å². The smallest absolute Gasteiger partial charge is 0.322 e. The van der Waals surface area contributed by atoms with Gasteiger partial charge in [0.25, 0.3) is 0 Å². The second-order valence-corrected chi connectivity index (χ2v) is 7.66. The van der Waals surface area contributed by atoms with Gasteiger partial charge in [0.1, 0.15) is 12.3 Å². The number of benzene rings is 2. The van der Waals surface area contributed by atoms with Gasteiger partial charge in [0.05, 0.1) is 31.0 Å². The Morgan fingerprint density at radius 1 is 1.00 bits per heavy atom. The van der Waals surface area contributed by atoms with Crippen molar-refractivity contribution in [1.82, 2.24) is 9.80 Å². The largest absolute Gasteiger partial charge is 0.467 e. The molecule has 3 rings (SSSR count). The van der Waals surface area contributed by atoms with Crippen LogP contribution in [-0.2, 0) is 22.5 Å². The van der Waals surface area contributed by atoms with Crippen LogP contribution in [0.15, 0.2) is 77.4 Å². The van der Waals surface area contributed by atoms with Gasteiger partial charge in [0, 0.05) is 25.9 Å². The minimum absolute atomic E-state index is 0.110. The average Bonchev–Trinajstić information content (AvgIpc) is 3.38. The molecule has 0 fully saturated rings. The van der Waals surface area contributed by atoms with Gasteiger partial charge in [-0.3, -0.25) is 4.79 Å². The van der Waals surface area contributed by atoms with E-state index in [0.29, 0.717) is 36.5 Å². The summed E-state index contributed by atoms with van der Waals surface area (Å²) in [5.41, 5.74) is 2.15. The number of carbonyl (C=O) groups excluding carboxylic acids is 2. The van der Waals surface area contributed by atoms with Gasteiger partial charge in [0.15, 0.2) is 0 Å². The maximum atomic E-state index is 13.3. The van der Waals surface area contributed by atoms with Crippen molar-refractivity contribution in [3.05, 3.63) is 89.9 Å². The van der Waals surface area contributed by atoms with E-state index in [0.717, 1.165) is 5.56 Å². The number of hydrogen-bond acceptors (Lipinski definition) is 5. The summed E-state index contributed by atoms with van der Waals surface area (Å²) >= 11 is 0. The first-order valence-electron chi connectivity index (χ1n) is 11.0. The Morgan fingerprint density at radius 3 is 2.41 bits per heavy atom. The first kappa shape index (κ1) is 24.6. The van der Waals surface area contributed by atoms with Crippen LogP contribution < -0.4 is 5.32 Å². The monoisotopic (exact) mass is 460 g/mol. The summed E-state index contributed by atoms with van der Waals surface area (Å²) in [5, 5.41) is 11.7. The molecule has 3 aromatic rings. The number of nitrogens with zero attached hydrogens (tertiary/aromatic N) is 3. The number of urea groups is 1. The lowest BCUT2D eigenvalue weighted by atomic mass is 10.1. The first-order valence-corrected chi connectivity index (χ1v) is 11.0. The molecule has 0 saturated carbocycles. The Morgan fingerprint density at radius 2 is 1.76 bits per heavy atom. The molecule has 8 nitrogen and oxygen atoms in total. The molecule has 0 aliphatic heterocycles. The highest BCUT2D eigenvalue weighted by atomic mass is 16.5. The number of furan rings is 1. The molecule has 0 atom stereocenters. The Hall–Kier alpha value is -4.09. The Bertz CT molecular complexity index is 1080. The number of rotatable bonds is 11. The molecule has 176 valence electrons. The van der Waals surface area contributed by atoms with Gasteiger partial charge in [-0.25, -0.2) is 4.79 Å². The van der Waals surface area contributed by atoms with Crippen molar-refractivity contribution < 1.29 is 18.7 Å². The summed E-state index contributed by atoms with van der Waals surface area (Å²) in [4.78, 5) is 29.3. The van der Waals surface area contributed by atoms with Crippen LogP contribution in [0.3, 0.4) is 0 Å². The zero-order valence-electron chi connectivity index (χ0n) is 19.1. The molecular weight excluding hydrogens is 432 g/mol. The van der Waals surface area contributed by atoms with Crippen LogP contribution in [0.25, 0.3) is 0 Å². The van der Waals surface area contributed by atoms with E-state index in [2.05, 4.69) is 5.32 Å². The molecule has 1 aromatic heterocycles. The van der Waals surface area contributed by atoms with Gasteiger partial charge in [-0.05, 0) is 48.4 Å². The van der Waals surface area contributed by atoms with Crippen LogP contribution >= 0.6 is 0 Å². The van der Waals surface area contributed by atoms with Gasteiger partial charge < -0.3 is 24.3 Å².